The Kier molecular flexibility index (Phi) is 4.38. The molecule has 3 rings (SSSR count). The van der Waals surface area contributed by atoms with Gasteiger partial charge in [0.15, 0.2) is 10.9 Å². The number of hydrogen-bond donors (Lipinski definition) is 2. The van der Waals surface area contributed by atoms with Gasteiger partial charge in [0.2, 0.25) is 0 Å². The second-order valence-corrected chi connectivity index (χ2v) is 5.77. The van der Waals surface area contributed by atoms with Gasteiger partial charge in [-0.3, -0.25) is 9.36 Å². The van der Waals surface area contributed by atoms with Crippen molar-refractivity contribution in [2.75, 3.05) is 10.6 Å². The summed E-state index contributed by atoms with van der Waals surface area (Å²) in [5.41, 5.74) is 3.30. The molecule has 2 aromatic heterocycles. The fourth-order valence-electron chi connectivity index (χ4n) is 2.16. The third-order valence-electron chi connectivity index (χ3n) is 3.31. The summed E-state index contributed by atoms with van der Waals surface area (Å²) in [6.07, 6.45) is 5.53. The van der Waals surface area contributed by atoms with Gasteiger partial charge in [0.1, 0.15) is 0 Å². The molecule has 118 valence electrons. The number of aryl methyl sites for hydroxylation is 2. The molecule has 1 aromatic carbocycles. The van der Waals surface area contributed by atoms with Crippen molar-refractivity contribution < 1.29 is 0 Å². The van der Waals surface area contributed by atoms with Gasteiger partial charge in [-0.15, -0.1) is 0 Å². The lowest BCUT2D eigenvalue weighted by Gasteiger charge is -2.06. The second-order valence-electron chi connectivity index (χ2n) is 5.37. The molecule has 0 aliphatic carbocycles. The lowest BCUT2D eigenvalue weighted by atomic mass is 10.1. The highest BCUT2D eigenvalue weighted by molar-refractivity contribution is 7.80. The average Bonchev–Trinajstić information content (AvgIpc) is 3.11. The van der Waals surface area contributed by atoms with Crippen LogP contribution in [0.15, 0.2) is 48.9 Å². The predicted molar refractivity (Wildman–Crippen MR) is 95.6 cm³/mol. The van der Waals surface area contributed by atoms with Crippen LogP contribution in [0.5, 0.6) is 0 Å². The third kappa shape index (κ3) is 4.17. The van der Waals surface area contributed by atoms with Crippen LogP contribution in [0.3, 0.4) is 0 Å². The molecule has 0 atom stereocenters. The van der Waals surface area contributed by atoms with Crippen LogP contribution in [0, 0.1) is 6.92 Å². The van der Waals surface area contributed by atoms with Crippen LogP contribution in [0.2, 0.25) is 0 Å². The monoisotopic (exact) mass is 326 g/mol. The number of thiocarbonyl (C=S) groups is 1. The van der Waals surface area contributed by atoms with Gasteiger partial charge in [0.25, 0.3) is 0 Å². The van der Waals surface area contributed by atoms with E-state index in [4.69, 9.17) is 12.2 Å². The number of nitrogens with one attached hydrogen (secondary N) is 2. The molecule has 0 saturated carbocycles. The molecule has 0 unspecified atom stereocenters. The normalized spacial score (nSPS) is 10.5. The molecule has 0 amide bonds. The minimum absolute atomic E-state index is 0.485. The van der Waals surface area contributed by atoms with Crippen LogP contribution in [0.4, 0.5) is 11.5 Å². The van der Waals surface area contributed by atoms with Gasteiger partial charge < -0.3 is 10.6 Å². The molecule has 0 fully saturated rings. The zero-order valence-electron chi connectivity index (χ0n) is 13.0. The zero-order valence-corrected chi connectivity index (χ0v) is 13.8. The lowest BCUT2D eigenvalue weighted by molar-refractivity contribution is 0.687. The molecule has 2 heterocycles. The van der Waals surface area contributed by atoms with Crippen molar-refractivity contribution in [1.29, 1.82) is 0 Å². The molecule has 0 aliphatic heterocycles. The molecule has 2 N–H and O–H groups in total. The van der Waals surface area contributed by atoms with E-state index in [9.17, 15) is 0 Å². The second kappa shape index (κ2) is 6.62. The first kappa shape index (κ1) is 15.2. The van der Waals surface area contributed by atoms with Crippen molar-refractivity contribution in [3.63, 3.8) is 0 Å². The molecule has 3 aromatic rings. The first-order valence-electron chi connectivity index (χ1n) is 7.24. The maximum absolute atomic E-state index is 5.27. The van der Waals surface area contributed by atoms with Crippen molar-refractivity contribution in [2.24, 2.45) is 7.05 Å². The Morgan fingerprint density at radius 1 is 1.17 bits per heavy atom. The molecule has 6 nitrogen and oxygen atoms in total. The summed E-state index contributed by atoms with van der Waals surface area (Å²) in [6.45, 7) is 2.80. The van der Waals surface area contributed by atoms with E-state index >= 15 is 0 Å². The Bertz CT molecular complexity index is 802. The highest BCUT2D eigenvalue weighted by atomic mass is 32.1. The van der Waals surface area contributed by atoms with Gasteiger partial charge in [0, 0.05) is 25.5 Å². The summed E-state index contributed by atoms with van der Waals surface area (Å²) in [5, 5.41) is 15.2. The quantitative estimate of drug-likeness (QED) is 0.722. The highest BCUT2D eigenvalue weighted by Crippen LogP contribution is 2.10. The van der Waals surface area contributed by atoms with E-state index in [1.807, 2.05) is 30.2 Å². The summed E-state index contributed by atoms with van der Waals surface area (Å²) < 4.78 is 3.58. The molecular formula is C16H18N6S. The summed E-state index contributed by atoms with van der Waals surface area (Å²) >= 11 is 5.27. The Balaban J connectivity index is 1.58. The number of anilines is 2. The van der Waals surface area contributed by atoms with Crippen molar-refractivity contribution in [2.45, 2.75) is 13.5 Å². The Morgan fingerprint density at radius 3 is 2.65 bits per heavy atom. The highest BCUT2D eigenvalue weighted by Gasteiger charge is 2.04. The maximum Gasteiger partial charge on any atom is 0.176 e. The Hall–Kier alpha value is -2.67. The molecule has 0 bridgehead atoms. The lowest BCUT2D eigenvalue weighted by Crippen LogP contribution is -2.19. The molecule has 7 heteroatoms. The van der Waals surface area contributed by atoms with Crippen LogP contribution >= 0.6 is 12.2 Å². The first-order valence-corrected chi connectivity index (χ1v) is 7.65. The number of benzene rings is 1. The number of rotatable bonds is 4. The summed E-state index contributed by atoms with van der Waals surface area (Å²) in [5.74, 6) is 0.706. The Morgan fingerprint density at radius 2 is 1.96 bits per heavy atom. The zero-order chi connectivity index (χ0) is 16.2. The summed E-state index contributed by atoms with van der Waals surface area (Å²) in [7, 11) is 1.86. The average molecular weight is 326 g/mol. The minimum atomic E-state index is 0.485. The Labute approximate surface area is 140 Å². The van der Waals surface area contributed by atoms with Gasteiger partial charge in [0.05, 0.1) is 18.4 Å². The van der Waals surface area contributed by atoms with Gasteiger partial charge in [-0.25, -0.2) is 0 Å². The largest absolute Gasteiger partial charge is 0.330 e. The van der Waals surface area contributed by atoms with Crippen molar-refractivity contribution in [1.82, 2.24) is 19.6 Å². The molecule has 0 aliphatic rings. The fraction of sp³-hybridized carbons (Fsp3) is 0.188. The third-order valence-corrected chi connectivity index (χ3v) is 3.52. The van der Waals surface area contributed by atoms with Crippen molar-refractivity contribution >= 4 is 28.8 Å². The molecule has 0 spiro atoms. The molecule has 23 heavy (non-hydrogen) atoms. The predicted octanol–water partition coefficient (Wildman–Crippen LogP) is 2.78. The molecule has 0 radical (unpaired) electrons. The maximum atomic E-state index is 5.27. The summed E-state index contributed by atoms with van der Waals surface area (Å²) in [6, 6.07) is 10.3. The van der Waals surface area contributed by atoms with E-state index in [0.717, 1.165) is 12.2 Å². The molecular weight excluding hydrogens is 308 g/mol. The first-order chi connectivity index (χ1) is 11.1. The van der Waals surface area contributed by atoms with E-state index in [0.29, 0.717) is 10.9 Å². The van der Waals surface area contributed by atoms with Gasteiger partial charge in [-0.05, 0) is 24.7 Å². The van der Waals surface area contributed by atoms with E-state index in [1.165, 1.54) is 11.1 Å². The van der Waals surface area contributed by atoms with Crippen LogP contribution in [-0.4, -0.2) is 24.7 Å². The van der Waals surface area contributed by atoms with Crippen LogP contribution in [0.25, 0.3) is 0 Å². The van der Waals surface area contributed by atoms with Crippen LogP contribution in [-0.2, 0) is 13.6 Å². The van der Waals surface area contributed by atoms with E-state index in [-0.39, 0.29) is 0 Å². The van der Waals surface area contributed by atoms with Crippen LogP contribution in [0.1, 0.15) is 11.1 Å². The number of hydrogen-bond acceptors (Lipinski definition) is 3. The smallest absolute Gasteiger partial charge is 0.176 e. The fourth-order valence-corrected chi connectivity index (χ4v) is 2.38. The van der Waals surface area contributed by atoms with Crippen LogP contribution < -0.4 is 10.6 Å². The minimum Gasteiger partial charge on any atom is -0.330 e. The van der Waals surface area contributed by atoms with E-state index < -0.39 is 0 Å². The number of aromatic nitrogens is 4. The van der Waals surface area contributed by atoms with Gasteiger partial charge >= 0.3 is 0 Å². The van der Waals surface area contributed by atoms with Crippen molar-refractivity contribution in [3.8, 4) is 0 Å². The standard InChI is InChI=1S/C16H18N6S/c1-12-3-5-13(6-4-12)10-22-11-14(9-17-22)18-16(23)19-15-7-8-21(2)20-15/h3-9,11H,10H2,1-2H3,(H2,18,19,20,23). The van der Waals surface area contributed by atoms with Gasteiger partial charge in [-0.2, -0.15) is 10.2 Å². The summed E-state index contributed by atoms with van der Waals surface area (Å²) in [4.78, 5) is 0. The van der Waals surface area contributed by atoms with Crippen molar-refractivity contribution in [3.05, 3.63) is 60.0 Å². The van der Waals surface area contributed by atoms with E-state index in [1.54, 1.807) is 10.9 Å². The molecule has 0 saturated heterocycles. The topological polar surface area (TPSA) is 59.7 Å². The van der Waals surface area contributed by atoms with Gasteiger partial charge in [-0.1, -0.05) is 29.8 Å². The van der Waals surface area contributed by atoms with E-state index in [2.05, 4.69) is 52.0 Å². The SMILES string of the molecule is Cc1ccc(Cn2cc(NC(=S)Nc3ccn(C)n3)cn2)cc1. The number of nitrogens with zero attached hydrogens (tertiary/aromatic N) is 4.